The van der Waals surface area contributed by atoms with Crippen molar-refractivity contribution in [2.75, 3.05) is 0 Å². The van der Waals surface area contributed by atoms with E-state index in [9.17, 15) is 15.3 Å². The predicted molar refractivity (Wildman–Crippen MR) is 187 cm³/mol. The highest BCUT2D eigenvalue weighted by Gasteiger charge is 2.84. The monoisotopic (exact) mass is 647 g/mol. The second-order valence-electron chi connectivity index (χ2n) is 22.8. The summed E-state index contributed by atoms with van der Waals surface area (Å²) in [6, 6.07) is 0. The Hall–Kier alpha value is -0.120. The lowest BCUT2D eigenvalue weighted by molar-refractivity contribution is -0.202. The van der Waals surface area contributed by atoms with E-state index in [1.54, 1.807) is 19.3 Å². The number of hydrogen-bond acceptors (Lipinski definition) is 3. The van der Waals surface area contributed by atoms with Gasteiger partial charge in [-0.1, -0.05) is 48.0 Å². The third-order valence-electron chi connectivity index (χ3n) is 19.9. The van der Waals surface area contributed by atoms with E-state index >= 15 is 0 Å². The molecule has 10 atom stereocenters. The lowest BCUT2D eigenvalue weighted by atomic mass is 9.44. The summed E-state index contributed by atoms with van der Waals surface area (Å²) in [6.07, 6.45) is 23.3. The lowest BCUT2D eigenvalue weighted by Crippen LogP contribution is -2.60. The van der Waals surface area contributed by atoms with Gasteiger partial charge in [0.1, 0.15) is 0 Å². The van der Waals surface area contributed by atoms with Crippen LogP contribution in [0.2, 0.25) is 0 Å². The molecule has 12 fully saturated rings. The van der Waals surface area contributed by atoms with Crippen molar-refractivity contribution in [2.24, 2.45) is 105 Å². The molecule has 3 heteroatoms. The van der Waals surface area contributed by atoms with Gasteiger partial charge in [-0.3, -0.25) is 0 Å². The van der Waals surface area contributed by atoms with Crippen LogP contribution < -0.4 is 0 Å². The zero-order chi connectivity index (χ0) is 32.7. The first-order chi connectivity index (χ1) is 22.1. The van der Waals surface area contributed by atoms with E-state index in [2.05, 4.69) is 41.5 Å². The Morgan fingerprint density at radius 2 is 0.915 bits per heavy atom. The van der Waals surface area contributed by atoms with Gasteiger partial charge in [-0.2, -0.15) is 0 Å². The van der Waals surface area contributed by atoms with Crippen molar-refractivity contribution in [3.05, 3.63) is 0 Å². The molecule has 12 rings (SSSR count). The minimum atomic E-state index is -0.311. The highest BCUT2D eigenvalue weighted by molar-refractivity contribution is 5.32. The minimum absolute atomic E-state index is 0.288. The second-order valence-corrected chi connectivity index (χ2v) is 22.8. The molecule has 264 valence electrons. The van der Waals surface area contributed by atoms with Crippen molar-refractivity contribution < 1.29 is 15.3 Å². The molecule has 3 N–H and O–H groups in total. The molecule has 3 spiro atoms. The SMILES string of the molecule is CC(C)C1(O)CC2(C1)C1C3CC3C2C2CC21.CC(C)C1(O)CC2(CC3CC4CC3CC2C4)C1.CC(C)C1(O)CC2(CC3CCC2C3)C1. The standard InChI is InChI=1S/C16H26O.C15H22O.C13H22O/c1-10(2)16(17)8-15(9-16)7-13-4-11-3-12(13)6-14(15)5-11;1-7(2)15(16)5-14(6-15)12-8-3-9(8)13(14)11-4-10(11)12;1-9(2)13(14)7-12(8-13)6-10-3-4-11(12)5-10/h10-14,17H,3-9H2,1-2H3;7-13,16H,3-6H2,1-2H3;9-11,14H,3-8H2,1-2H3. The summed E-state index contributed by atoms with van der Waals surface area (Å²) in [5.41, 5.74) is 0.931. The number of fused-ring (bicyclic) bond motifs is 12. The molecule has 0 amide bonds. The highest BCUT2D eigenvalue weighted by Crippen LogP contribution is 2.88. The van der Waals surface area contributed by atoms with Crippen molar-refractivity contribution in [3.8, 4) is 0 Å². The first-order valence-electron chi connectivity index (χ1n) is 21.3. The molecule has 0 heterocycles. The smallest absolute Gasteiger partial charge is 0.0681 e. The molecule has 10 unspecified atom stereocenters. The summed E-state index contributed by atoms with van der Waals surface area (Å²) in [4.78, 5) is 0. The fourth-order valence-corrected chi connectivity index (χ4v) is 17.4. The van der Waals surface area contributed by atoms with Crippen molar-refractivity contribution in [2.45, 2.75) is 167 Å². The maximum absolute atomic E-state index is 10.6. The molecule has 12 saturated carbocycles. The summed E-state index contributed by atoms with van der Waals surface area (Å²) < 4.78 is 0. The van der Waals surface area contributed by atoms with Crippen LogP contribution in [-0.2, 0) is 0 Å². The Kier molecular flexibility index (Phi) is 6.49. The van der Waals surface area contributed by atoms with Crippen LogP contribution in [0.3, 0.4) is 0 Å². The van der Waals surface area contributed by atoms with Crippen LogP contribution in [0.4, 0.5) is 0 Å². The van der Waals surface area contributed by atoms with Crippen LogP contribution >= 0.6 is 0 Å². The molecule has 47 heavy (non-hydrogen) atoms. The van der Waals surface area contributed by atoms with Crippen molar-refractivity contribution in [3.63, 3.8) is 0 Å². The van der Waals surface area contributed by atoms with Gasteiger partial charge in [0.05, 0.1) is 16.8 Å². The van der Waals surface area contributed by atoms with E-state index < -0.39 is 0 Å². The molecule has 7 bridgehead atoms. The van der Waals surface area contributed by atoms with Crippen LogP contribution in [0.15, 0.2) is 0 Å². The van der Waals surface area contributed by atoms with Gasteiger partial charge in [0.15, 0.2) is 0 Å². The van der Waals surface area contributed by atoms with E-state index in [0.29, 0.717) is 34.0 Å². The van der Waals surface area contributed by atoms with Crippen LogP contribution in [-0.4, -0.2) is 32.1 Å². The van der Waals surface area contributed by atoms with Crippen LogP contribution in [0.1, 0.15) is 151 Å². The molecule has 0 aromatic rings. The fourth-order valence-electron chi connectivity index (χ4n) is 17.4. The molecule has 0 aromatic heterocycles. The maximum Gasteiger partial charge on any atom is 0.0681 e. The average Bonchev–Trinajstić information content (AvgIpc) is 3.76. The molecular formula is C44H70O3. The van der Waals surface area contributed by atoms with Crippen molar-refractivity contribution in [1.82, 2.24) is 0 Å². The van der Waals surface area contributed by atoms with Gasteiger partial charge in [-0.05, 0) is 208 Å². The maximum atomic E-state index is 10.6. The summed E-state index contributed by atoms with van der Waals surface area (Å²) in [6.45, 7) is 13.1. The van der Waals surface area contributed by atoms with Crippen LogP contribution in [0.5, 0.6) is 0 Å². The molecule has 0 radical (unpaired) electrons. The van der Waals surface area contributed by atoms with E-state index in [-0.39, 0.29) is 16.8 Å². The summed E-state index contributed by atoms with van der Waals surface area (Å²) in [5.74, 6) is 14.1. The summed E-state index contributed by atoms with van der Waals surface area (Å²) in [7, 11) is 0. The second kappa shape index (κ2) is 9.65. The highest BCUT2D eigenvalue weighted by atomic mass is 16.3. The lowest BCUT2D eigenvalue weighted by Gasteiger charge is -2.63. The van der Waals surface area contributed by atoms with E-state index in [0.717, 1.165) is 110 Å². The minimum Gasteiger partial charge on any atom is -0.390 e. The largest absolute Gasteiger partial charge is 0.390 e. The van der Waals surface area contributed by atoms with Crippen molar-refractivity contribution in [1.29, 1.82) is 0 Å². The molecule has 0 saturated heterocycles. The Labute approximate surface area is 287 Å². The number of rotatable bonds is 3. The zero-order valence-electron chi connectivity index (χ0n) is 31.0. The Balaban J connectivity index is 0.0000000915. The summed E-state index contributed by atoms with van der Waals surface area (Å²) >= 11 is 0. The van der Waals surface area contributed by atoms with Gasteiger partial charge in [-0.25, -0.2) is 0 Å². The summed E-state index contributed by atoms with van der Waals surface area (Å²) in [5, 5.41) is 31.5. The molecule has 3 nitrogen and oxygen atoms in total. The zero-order valence-corrected chi connectivity index (χ0v) is 31.0. The van der Waals surface area contributed by atoms with E-state index in [4.69, 9.17) is 0 Å². The van der Waals surface area contributed by atoms with Gasteiger partial charge in [0, 0.05) is 0 Å². The van der Waals surface area contributed by atoms with Gasteiger partial charge in [0.25, 0.3) is 0 Å². The fraction of sp³-hybridized carbons (Fsp3) is 1.00. The van der Waals surface area contributed by atoms with Crippen LogP contribution in [0, 0.1) is 105 Å². The molecule has 12 aliphatic rings. The van der Waals surface area contributed by atoms with Crippen molar-refractivity contribution >= 4 is 0 Å². The molecule has 0 aromatic carbocycles. The number of aliphatic hydroxyl groups is 3. The number of hydrogen-bond donors (Lipinski definition) is 3. The van der Waals surface area contributed by atoms with Crippen LogP contribution in [0.25, 0.3) is 0 Å². The van der Waals surface area contributed by atoms with Gasteiger partial charge < -0.3 is 15.3 Å². The molecular weight excluding hydrogens is 576 g/mol. The Morgan fingerprint density at radius 1 is 0.447 bits per heavy atom. The average molecular weight is 647 g/mol. The third-order valence-corrected chi connectivity index (χ3v) is 19.9. The quantitative estimate of drug-likeness (QED) is 0.286. The van der Waals surface area contributed by atoms with E-state index in [1.165, 1.54) is 51.4 Å². The molecule has 12 aliphatic carbocycles. The first-order valence-corrected chi connectivity index (χ1v) is 21.3. The first kappa shape index (κ1) is 31.6. The Morgan fingerprint density at radius 3 is 1.38 bits per heavy atom. The predicted octanol–water partition coefficient (Wildman–Crippen LogP) is 9.27. The van der Waals surface area contributed by atoms with Gasteiger partial charge in [-0.15, -0.1) is 0 Å². The topological polar surface area (TPSA) is 60.7 Å². The van der Waals surface area contributed by atoms with Gasteiger partial charge in [0.2, 0.25) is 0 Å². The molecule has 0 aliphatic heterocycles. The van der Waals surface area contributed by atoms with E-state index in [1.807, 2.05) is 0 Å². The third kappa shape index (κ3) is 4.21. The Bertz CT molecular complexity index is 1230. The normalized spacial score (nSPS) is 63.1. The van der Waals surface area contributed by atoms with Gasteiger partial charge >= 0.3 is 0 Å².